The molecule has 0 aromatic heterocycles. The van der Waals surface area contributed by atoms with Crippen molar-refractivity contribution in [3.63, 3.8) is 0 Å². The smallest absolute Gasteiger partial charge is 0.240 e. The van der Waals surface area contributed by atoms with E-state index in [4.69, 9.17) is 15.6 Å². The number of rotatable bonds is 3. The van der Waals surface area contributed by atoms with Gasteiger partial charge in [0.2, 0.25) is 10.0 Å². The van der Waals surface area contributed by atoms with E-state index in [-0.39, 0.29) is 16.7 Å². The first-order valence-electron chi connectivity index (χ1n) is 5.62. The first-order chi connectivity index (χ1) is 8.43. The maximum absolute atomic E-state index is 11.4. The molecule has 1 fully saturated rings. The van der Waals surface area contributed by atoms with Gasteiger partial charge in [0.1, 0.15) is 4.90 Å². The molecule has 0 aliphatic carbocycles. The lowest BCUT2D eigenvalue weighted by Gasteiger charge is -2.21. The van der Waals surface area contributed by atoms with Crippen LogP contribution in [0.5, 0.6) is 0 Å². The van der Waals surface area contributed by atoms with Crippen LogP contribution in [0.1, 0.15) is 6.42 Å². The average molecular weight is 271 g/mol. The van der Waals surface area contributed by atoms with E-state index in [1.54, 1.807) is 19.2 Å². The van der Waals surface area contributed by atoms with Gasteiger partial charge in [-0.15, -0.1) is 0 Å². The van der Waals surface area contributed by atoms with Crippen molar-refractivity contribution in [2.24, 2.45) is 5.14 Å². The Hall–Kier alpha value is -1.31. The molecule has 18 heavy (non-hydrogen) atoms. The zero-order valence-corrected chi connectivity index (χ0v) is 11.0. The highest BCUT2D eigenvalue weighted by Crippen LogP contribution is 2.31. The van der Waals surface area contributed by atoms with Gasteiger partial charge in [0.05, 0.1) is 17.5 Å². The molecule has 0 spiro atoms. The van der Waals surface area contributed by atoms with Crippen LogP contribution in [0.15, 0.2) is 23.1 Å². The molecular formula is C11H17N3O3S. The number of anilines is 2. The number of hydrogen-bond acceptors (Lipinski definition) is 5. The number of nitrogens with zero attached hydrogens (tertiary/aromatic N) is 1. The highest BCUT2D eigenvalue weighted by molar-refractivity contribution is 7.89. The molecule has 0 amide bonds. The van der Waals surface area contributed by atoms with Gasteiger partial charge < -0.3 is 15.4 Å². The predicted octanol–water partition coefficient (Wildman–Crippen LogP) is 0.141. The normalized spacial score (nSPS) is 20.3. The van der Waals surface area contributed by atoms with Crippen molar-refractivity contribution in [2.45, 2.75) is 17.4 Å². The van der Waals surface area contributed by atoms with Crippen LogP contribution in [0, 0.1) is 0 Å². The number of sulfonamides is 1. The van der Waals surface area contributed by atoms with Crippen LogP contribution in [0.25, 0.3) is 0 Å². The number of benzene rings is 1. The maximum atomic E-state index is 11.4. The van der Waals surface area contributed by atoms with Crippen LogP contribution >= 0.6 is 0 Å². The minimum Gasteiger partial charge on any atom is -0.396 e. The molecule has 7 heteroatoms. The molecule has 1 saturated heterocycles. The number of methoxy groups -OCH3 is 1. The summed E-state index contributed by atoms with van der Waals surface area (Å²) in [6.45, 7) is 1.49. The van der Waals surface area contributed by atoms with Gasteiger partial charge in [0.15, 0.2) is 0 Å². The largest absolute Gasteiger partial charge is 0.396 e. The summed E-state index contributed by atoms with van der Waals surface area (Å²) < 4.78 is 28.1. The second-order valence-electron chi connectivity index (χ2n) is 4.33. The van der Waals surface area contributed by atoms with Crippen molar-refractivity contribution in [3.8, 4) is 0 Å². The summed E-state index contributed by atoms with van der Waals surface area (Å²) in [4.78, 5) is 1.99. The van der Waals surface area contributed by atoms with Crippen molar-refractivity contribution in [2.75, 3.05) is 30.8 Å². The van der Waals surface area contributed by atoms with E-state index in [0.29, 0.717) is 12.2 Å². The molecule has 1 aromatic carbocycles. The molecule has 6 nitrogen and oxygen atoms in total. The van der Waals surface area contributed by atoms with Gasteiger partial charge in [-0.3, -0.25) is 0 Å². The summed E-state index contributed by atoms with van der Waals surface area (Å²) in [5.74, 6) is 0. The molecule has 1 heterocycles. The molecule has 1 aliphatic heterocycles. The second kappa shape index (κ2) is 4.75. The topological polar surface area (TPSA) is 98.6 Å². The molecule has 0 radical (unpaired) electrons. The van der Waals surface area contributed by atoms with Gasteiger partial charge in [-0.25, -0.2) is 13.6 Å². The lowest BCUT2D eigenvalue weighted by molar-refractivity contribution is 0.121. The standard InChI is InChI=1S/C11H17N3O3S/c1-17-8-5-6-14(7-8)9-3-2-4-10(11(9)12)18(13,15)16/h2-4,8H,5-7,12H2,1H3,(H2,13,15,16). The summed E-state index contributed by atoms with van der Waals surface area (Å²) >= 11 is 0. The van der Waals surface area contributed by atoms with Crippen LogP contribution in [0.3, 0.4) is 0 Å². The molecule has 2 rings (SSSR count). The summed E-state index contributed by atoms with van der Waals surface area (Å²) in [5.41, 5.74) is 6.80. The minimum absolute atomic E-state index is 0.0270. The summed E-state index contributed by atoms with van der Waals surface area (Å²) in [7, 11) is -2.12. The Morgan fingerprint density at radius 2 is 2.17 bits per heavy atom. The van der Waals surface area contributed by atoms with Crippen LogP contribution in [0.4, 0.5) is 11.4 Å². The van der Waals surface area contributed by atoms with Crippen molar-refractivity contribution < 1.29 is 13.2 Å². The summed E-state index contributed by atoms with van der Waals surface area (Å²) in [6, 6.07) is 4.85. The number of primary sulfonamides is 1. The third-order valence-corrected chi connectivity index (χ3v) is 4.14. The Morgan fingerprint density at radius 1 is 1.44 bits per heavy atom. The van der Waals surface area contributed by atoms with Gasteiger partial charge in [-0.2, -0.15) is 0 Å². The average Bonchev–Trinajstić information content (AvgIpc) is 2.76. The molecular weight excluding hydrogens is 254 g/mol. The van der Waals surface area contributed by atoms with Gasteiger partial charge in [0.25, 0.3) is 0 Å². The number of ether oxygens (including phenoxy) is 1. The lowest BCUT2D eigenvalue weighted by atomic mass is 10.2. The first-order valence-corrected chi connectivity index (χ1v) is 7.17. The third-order valence-electron chi connectivity index (χ3n) is 3.17. The van der Waals surface area contributed by atoms with E-state index in [1.165, 1.54) is 6.07 Å². The molecule has 1 unspecified atom stereocenters. The van der Waals surface area contributed by atoms with Crippen LogP contribution < -0.4 is 15.8 Å². The SMILES string of the molecule is COC1CCN(c2cccc(S(N)(=O)=O)c2N)C1. The van der Waals surface area contributed by atoms with Crippen molar-refractivity contribution in [1.29, 1.82) is 0 Å². The van der Waals surface area contributed by atoms with Crippen molar-refractivity contribution >= 4 is 21.4 Å². The number of nitrogen functional groups attached to an aromatic ring is 1. The fraction of sp³-hybridized carbons (Fsp3) is 0.455. The molecule has 1 aliphatic rings. The van der Waals surface area contributed by atoms with Gasteiger partial charge >= 0.3 is 0 Å². The van der Waals surface area contributed by atoms with Gasteiger partial charge in [-0.1, -0.05) is 6.07 Å². The molecule has 1 atom stereocenters. The predicted molar refractivity (Wildman–Crippen MR) is 69.9 cm³/mol. The van der Waals surface area contributed by atoms with E-state index >= 15 is 0 Å². The number of hydrogen-bond donors (Lipinski definition) is 2. The molecule has 100 valence electrons. The Balaban J connectivity index is 2.36. The maximum Gasteiger partial charge on any atom is 0.240 e. The Bertz CT molecular complexity index is 544. The Morgan fingerprint density at radius 3 is 2.72 bits per heavy atom. The van der Waals surface area contributed by atoms with E-state index in [2.05, 4.69) is 0 Å². The van der Waals surface area contributed by atoms with Crippen molar-refractivity contribution in [3.05, 3.63) is 18.2 Å². The van der Waals surface area contributed by atoms with Crippen molar-refractivity contribution in [1.82, 2.24) is 0 Å². The lowest BCUT2D eigenvalue weighted by Crippen LogP contribution is -2.24. The number of para-hydroxylation sites is 1. The Labute approximate surface area is 107 Å². The van der Waals surface area contributed by atoms with Gasteiger partial charge in [-0.05, 0) is 18.6 Å². The first kappa shape index (κ1) is 13.1. The van der Waals surface area contributed by atoms with Crippen LogP contribution in [0.2, 0.25) is 0 Å². The Kier molecular flexibility index (Phi) is 3.47. The fourth-order valence-electron chi connectivity index (χ4n) is 2.20. The highest BCUT2D eigenvalue weighted by Gasteiger charge is 2.25. The van der Waals surface area contributed by atoms with E-state index in [0.717, 1.165) is 13.0 Å². The number of nitrogens with two attached hydrogens (primary N) is 2. The monoisotopic (exact) mass is 271 g/mol. The second-order valence-corrected chi connectivity index (χ2v) is 5.86. The van der Waals surface area contributed by atoms with Crippen LogP contribution in [-0.2, 0) is 14.8 Å². The zero-order chi connectivity index (χ0) is 13.3. The quantitative estimate of drug-likeness (QED) is 0.762. The summed E-state index contributed by atoms with van der Waals surface area (Å²) in [6.07, 6.45) is 1.05. The minimum atomic E-state index is -3.79. The van der Waals surface area contributed by atoms with E-state index in [9.17, 15) is 8.42 Å². The van der Waals surface area contributed by atoms with Crippen LogP contribution in [-0.4, -0.2) is 34.7 Å². The third kappa shape index (κ3) is 2.43. The molecule has 0 saturated carbocycles. The van der Waals surface area contributed by atoms with E-state index in [1.807, 2.05) is 4.90 Å². The van der Waals surface area contributed by atoms with Gasteiger partial charge in [0, 0.05) is 20.2 Å². The van der Waals surface area contributed by atoms with E-state index < -0.39 is 10.0 Å². The molecule has 1 aromatic rings. The molecule has 4 N–H and O–H groups in total. The molecule has 0 bridgehead atoms. The summed E-state index contributed by atoms with van der Waals surface area (Å²) in [5, 5.41) is 5.13. The highest BCUT2D eigenvalue weighted by atomic mass is 32.2. The zero-order valence-electron chi connectivity index (χ0n) is 10.2. The fourth-order valence-corrected chi connectivity index (χ4v) is 2.88.